The van der Waals surface area contributed by atoms with E-state index in [1.165, 1.54) is 27.5 Å². The summed E-state index contributed by atoms with van der Waals surface area (Å²) >= 11 is 0. The van der Waals surface area contributed by atoms with Gasteiger partial charge in [-0.15, -0.1) is 0 Å². The number of aromatic nitrogens is 6. The van der Waals surface area contributed by atoms with Gasteiger partial charge in [-0.25, -0.2) is 29.9 Å². The lowest BCUT2D eigenvalue weighted by molar-refractivity contribution is 1.18. The molecule has 0 aliphatic heterocycles. The molecule has 0 spiro atoms. The van der Waals surface area contributed by atoms with Gasteiger partial charge in [-0.1, -0.05) is 358 Å². The molecule has 0 radical (unpaired) electrons. The zero-order valence-corrected chi connectivity index (χ0v) is 57.8. The fraction of sp³-hybridized carbons (Fsp3) is 0. The molecule has 6 nitrogen and oxygen atoms in total. The minimum absolute atomic E-state index is 0.686. The number of rotatable bonds is 13. The maximum atomic E-state index is 5.23. The van der Waals surface area contributed by atoms with Gasteiger partial charge in [-0.05, 0) is 98.1 Å². The lowest BCUT2D eigenvalue weighted by Crippen LogP contribution is -1.96. The highest BCUT2D eigenvalue weighted by molar-refractivity contribution is 6.18. The summed E-state index contributed by atoms with van der Waals surface area (Å²) in [5.41, 5.74) is 27.3. The number of para-hydroxylation sites is 2. The van der Waals surface area contributed by atoms with Crippen LogP contribution in [0.4, 0.5) is 0 Å². The van der Waals surface area contributed by atoms with Crippen LogP contribution in [0.15, 0.2) is 400 Å². The van der Waals surface area contributed by atoms with Crippen LogP contribution in [-0.2, 0) is 0 Å². The third kappa shape index (κ3) is 13.0. The molecule has 6 heteroatoms. The van der Waals surface area contributed by atoms with E-state index >= 15 is 0 Å². The van der Waals surface area contributed by atoms with Crippen molar-refractivity contribution in [3.8, 4) is 146 Å². The first-order valence-electron chi connectivity index (χ1n) is 35.8. The Morgan fingerprint density at radius 3 is 0.774 bits per heavy atom. The van der Waals surface area contributed by atoms with Crippen molar-refractivity contribution in [2.75, 3.05) is 0 Å². The summed E-state index contributed by atoms with van der Waals surface area (Å²) in [5, 5.41) is 6.97. The van der Waals surface area contributed by atoms with Crippen molar-refractivity contribution in [2.24, 2.45) is 0 Å². The molecule has 4 heterocycles. The van der Waals surface area contributed by atoms with Crippen LogP contribution in [0.25, 0.3) is 189 Å². The van der Waals surface area contributed by atoms with E-state index < -0.39 is 0 Å². The highest BCUT2D eigenvalue weighted by Crippen LogP contribution is 2.43. The van der Waals surface area contributed by atoms with Crippen molar-refractivity contribution < 1.29 is 0 Å². The first-order chi connectivity index (χ1) is 52.5. The SMILES string of the molecule is c1ccc(-c2cccc(-c3cc(-c4ccc(-c5cccc6c(-c7ccccc7)nc7ccccc7c56)cc4)nc(-c4cccc(-c5ccccc5)c4)n3)c2)cc1.c1ccc(-c2cccc(-c3nc(-c4ccccc4)cc(-c4ccc(-c5cccc6c(-c7ccccc7)nc7ccccc7c56)cc4)n3)c2)cc1. The minimum atomic E-state index is 0.686. The Labute approximate surface area is 615 Å². The molecular weight excluding hydrogens is 1290 g/mol. The molecule has 19 aromatic rings. The second-order valence-electron chi connectivity index (χ2n) is 26.4. The van der Waals surface area contributed by atoms with Crippen molar-refractivity contribution in [1.82, 2.24) is 29.9 Å². The van der Waals surface area contributed by atoms with Gasteiger partial charge in [-0.3, -0.25) is 0 Å². The summed E-state index contributed by atoms with van der Waals surface area (Å²) < 4.78 is 0. The molecule has 106 heavy (non-hydrogen) atoms. The Bertz CT molecular complexity index is 6290. The van der Waals surface area contributed by atoms with E-state index in [4.69, 9.17) is 29.9 Å². The second kappa shape index (κ2) is 28.7. The summed E-state index contributed by atoms with van der Waals surface area (Å²) in [6.07, 6.45) is 0. The van der Waals surface area contributed by atoms with Gasteiger partial charge in [0, 0.05) is 76.8 Å². The van der Waals surface area contributed by atoms with E-state index in [2.05, 4.69) is 352 Å². The van der Waals surface area contributed by atoms with E-state index in [-0.39, 0.29) is 0 Å². The van der Waals surface area contributed by atoms with Crippen LogP contribution in [0.2, 0.25) is 0 Å². The molecule has 0 saturated heterocycles. The van der Waals surface area contributed by atoms with Crippen molar-refractivity contribution in [2.45, 2.75) is 0 Å². The lowest BCUT2D eigenvalue weighted by atomic mass is 9.92. The van der Waals surface area contributed by atoms with Crippen LogP contribution >= 0.6 is 0 Å². The van der Waals surface area contributed by atoms with Gasteiger partial charge in [0.1, 0.15) is 0 Å². The number of hydrogen-bond acceptors (Lipinski definition) is 6. The average molecular weight is 1350 g/mol. The molecule has 0 fully saturated rings. The molecule has 496 valence electrons. The van der Waals surface area contributed by atoms with Crippen molar-refractivity contribution in [3.63, 3.8) is 0 Å². The molecule has 0 N–H and O–H groups in total. The third-order valence-corrected chi connectivity index (χ3v) is 19.8. The van der Waals surface area contributed by atoms with Gasteiger partial charge >= 0.3 is 0 Å². The molecular formula is C100H66N6. The fourth-order valence-corrected chi connectivity index (χ4v) is 14.5. The molecule has 0 unspecified atom stereocenters. The van der Waals surface area contributed by atoms with Gasteiger partial charge < -0.3 is 0 Å². The largest absolute Gasteiger partial charge is 0.247 e. The maximum absolute atomic E-state index is 5.23. The Hall–Kier alpha value is -14.2. The average Bonchev–Trinajstić information content (AvgIpc) is 0.754. The second-order valence-corrected chi connectivity index (χ2v) is 26.4. The Kier molecular flexibility index (Phi) is 17.3. The van der Waals surface area contributed by atoms with Crippen LogP contribution in [0.5, 0.6) is 0 Å². The Morgan fingerprint density at radius 1 is 0.142 bits per heavy atom. The van der Waals surface area contributed by atoms with E-state index in [1.807, 2.05) is 48.5 Å². The molecule has 0 bridgehead atoms. The zero-order valence-electron chi connectivity index (χ0n) is 57.8. The summed E-state index contributed by atoms with van der Waals surface area (Å²) in [4.78, 5) is 31.0. The normalized spacial score (nSPS) is 11.2. The lowest BCUT2D eigenvalue weighted by Gasteiger charge is -2.15. The number of nitrogens with zero attached hydrogens (tertiary/aromatic N) is 6. The van der Waals surface area contributed by atoms with Gasteiger partial charge in [0.2, 0.25) is 0 Å². The van der Waals surface area contributed by atoms with E-state index in [1.54, 1.807) is 0 Å². The molecule has 19 rings (SSSR count). The van der Waals surface area contributed by atoms with Crippen LogP contribution < -0.4 is 0 Å². The number of hydrogen-bond donors (Lipinski definition) is 0. The summed E-state index contributed by atoms with van der Waals surface area (Å²) in [6.45, 7) is 0. The predicted octanol–water partition coefficient (Wildman–Crippen LogP) is 26.0. The molecule has 15 aromatic carbocycles. The minimum Gasteiger partial charge on any atom is -0.247 e. The molecule has 0 aliphatic carbocycles. The molecule has 4 aromatic heterocycles. The first-order valence-corrected chi connectivity index (χ1v) is 35.8. The summed E-state index contributed by atoms with van der Waals surface area (Å²) in [7, 11) is 0. The fourth-order valence-electron chi connectivity index (χ4n) is 14.5. The Morgan fingerprint density at radius 2 is 0.396 bits per heavy atom. The summed E-state index contributed by atoms with van der Waals surface area (Å²) in [6, 6.07) is 140. The first kappa shape index (κ1) is 63.9. The van der Waals surface area contributed by atoms with Crippen molar-refractivity contribution in [1.29, 1.82) is 0 Å². The van der Waals surface area contributed by atoms with Crippen LogP contribution in [0.1, 0.15) is 0 Å². The number of benzene rings is 15. The summed E-state index contributed by atoms with van der Waals surface area (Å²) in [5.74, 6) is 1.38. The maximum Gasteiger partial charge on any atom is 0.160 e. The Balaban J connectivity index is 0.000000151. The quantitative estimate of drug-likeness (QED) is 0.107. The van der Waals surface area contributed by atoms with Crippen LogP contribution in [-0.4, -0.2) is 29.9 Å². The standard InChI is InChI=1S/C53H35N3.C47H31N3/c1-4-15-36(16-5-1)41-21-12-23-43(33-41)50-35-49(55-53(56-50)44-24-13-22-42(34-44)37-17-6-2-7-18-37)39-31-29-38(30-32-39)45-26-14-27-47-51(45)46-25-10-11-28-48(46)54-52(47)40-19-8-3-9-20-40;1-4-14-32(15-5-1)37-20-12-21-38(30-37)47-49-43(34-16-6-2-7-17-34)31-44(50-47)35-28-26-33(27-29-35)39-23-13-24-41-45(39)40-22-10-11-25-42(40)48-46(41)36-18-8-3-9-19-36/h1-35H;1-31H. The molecule has 0 saturated carbocycles. The topological polar surface area (TPSA) is 77.3 Å². The van der Waals surface area contributed by atoms with Gasteiger partial charge in [0.15, 0.2) is 11.6 Å². The molecule has 0 aliphatic rings. The van der Waals surface area contributed by atoms with Crippen molar-refractivity contribution >= 4 is 43.4 Å². The van der Waals surface area contributed by atoms with Gasteiger partial charge in [0.25, 0.3) is 0 Å². The van der Waals surface area contributed by atoms with Crippen LogP contribution in [0.3, 0.4) is 0 Å². The molecule has 0 amide bonds. The monoisotopic (exact) mass is 1350 g/mol. The van der Waals surface area contributed by atoms with E-state index in [0.717, 1.165) is 150 Å². The predicted molar refractivity (Wildman–Crippen MR) is 440 cm³/mol. The smallest absolute Gasteiger partial charge is 0.160 e. The highest BCUT2D eigenvalue weighted by atomic mass is 14.9. The van der Waals surface area contributed by atoms with Crippen molar-refractivity contribution in [3.05, 3.63) is 400 Å². The van der Waals surface area contributed by atoms with Crippen LogP contribution in [0, 0.1) is 0 Å². The van der Waals surface area contributed by atoms with Gasteiger partial charge in [0.05, 0.1) is 45.2 Å². The highest BCUT2D eigenvalue weighted by Gasteiger charge is 2.20. The van der Waals surface area contributed by atoms with E-state index in [9.17, 15) is 0 Å². The van der Waals surface area contributed by atoms with Gasteiger partial charge in [-0.2, -0.15) is 0 Å². The zero-order chi connectivity index (χ0) is 70.5. The third-order valence-electron chi connectivity index (χ3n) is 19.8. The number of pyridine rings is 2. The number of fused-ring (bicyclic) bond motifs is 6. The molecule has 0 atom stereocenters. The van der Waals surface area contributed by atoms with E-state index in [0.29, 0.717) is 11.6 Å².